The maximum atomic E-state index is 12.2. The summed E-state index contributed by atoms with van der Waals surface area (Å²) in [6, 6.07) is 6.90. The Labute approximate surface area is 148 Å². The van der Waals surface area contributed by atoms with Crippen molar-refractivity contribution in [3.63, 3.8) is 0 Å². The quantitative estimate of drug-likeness (QED) is 0.692. The van der Waals surface area contributed by atoms with Gasteiger partial charge in [-0.25, -0.2) is 4.98 Å². The van der Waals surface area contributed by atoms with Crippen LogP contribution in [0.4, 0.5) is 0 Å². The number of hydrogen-bond acceptors (Lipinski definition) is 8. The third kappa shape index (κ3) is 3.67. The van der Waals surface area contributed by atoms with Crippen LogP contribution in [0.3, 0.4) is 0 Å². The van der Waals surface area contributed by atoms with E-state index < -0.39 is 6.04 Å². The maximum Gasteiger partial charge on any atom is 0.271 e. The first-order valence-electron chi connectivity index (χ1n) is 7.54. The molecule has 0 saturated heterocycles. The molecule has 3 rings (SSSR count). The summed E-state index contributed by atoms with van der Waals surface area (Å²) in [5.41, 5.74) is 6.54. The number of para-hydroxylation sites is 1. The molecule has 8 nitrogen and oxygen atoms in total. The van der Waals surface area contributed by atoms with Crippen molar-refractivity contribution in [2.45, 2.75) is 19.5 Å². The fourth-order valence-corrected chi connectivity index (χ4v) is 2.85. The molecule has 0 aliphatic heterocycles. The number of nitrogens with one attached hydrogen (secondary N) is 1. The van der Waals surface area contributed by atoms with Gasteiger partial charge in [0, 0.05) is 11.9 Å². The molecule has 0 aliphatic rings. The van der Waals surface area contributed by atoms with E-state index in [0.717, 1.165) is 0 Å². The molecular weight excluding hydrogens is 342 g/mol. The molecule has 25 heavy (non-hydrogen) atoms. The molecule has 0 saturated carbocycles. The van der Waals surface area contributed by atoms with Gasteiger partial charge >= 0.3 is 0 Å². The molecule has 2 heterocycles. The van der Waals surface area contributed by atoms with Crippen LogP contribution in [0.5, 0.6) is 5.75 Å². The van der Waals surface area contributed by atoms with Crippen molar-refractivity contribution >= 4 is 17.2 Å². The molecule has 0 fully saturated rings. The van der Waals surface area contributed by atoms with Gasteiger partial charge in [0.15, 0.2) is 0 Å². The molecule has 0 aliphatic carbocycles. The van der Waals surface area contributed by atoms with Crippen molar-refractivity contribution in [2.24, 2.45) is 5.73 Å². The van der Waals surface area contributed by atoms with Crippen LogP contribution in [0.25, 0.3) is 11.4 Å². The third-order valence-corrected chi connectivity index (χ3v) is 4.34. The number of methoxy groups -OCH3 is 1. The molecule has 1 unspecified atom stereocenters. The Morgan fingerprint density at radius 3 is 2.92 bits per heavy atom. The summed E-state index contributed by atoms with van der Waals surface area (Å²) in [6.45, 7) is 2.06. The Bertz CT molecular complexity index is 876. The molecule has 1 aromatic carbocycles. The number of ether oxygens (including phenoxy) is 1. The highest BCUT2D eigenvalue weighted by atomic mass is 32.1. The predicted molar refractivity (Wildman–Crippen MR) is 92.2 cm³/mol. The lowest BCUT2D eigenvalue weighted by molar-refractivity contribution is 0.0928. The van der Waals surface area contributed by atoms with E-state index in [1.807, 2.05) is 24.3 Å². The van der Waals surface area contributed by atoms with Crippen LogP contribution in [0, 0.1) is 0 Å². The van der Waals surface area contributed by atoms with Gasteiger partial charge in [0.05, 0.1) is 12.7 Å². The summed E-state index contributed by atoms with van der Waals surface area (Å²) in [5.74, 6) is 1.01. The van der Waals surface area contributed by atoms with Crippen LogP contribution in [0.1, 0.15) is 34.4 Å². The first kappa shape index (κ1) is 17.1. The molecule has 130 valence electrons. The van der Waals surface area contributed by atoms with E-state index in [2.05, 4.69) is 20.4 Å². The van der Waals surface area contributed by atoms with Crippen LogP contribution in [0.2, 0.25) is 0 Å². The number of thiazole rings is 1. The van der Waals surface area contributed by atoms with Gasteiger partial charge < -0.3 is 20.3 Å². The van der Waals surface area contributed by atoms with Crippen LogP contribution in [-0.2, 0) is 6.54 Å². The molecule has 3 N–H and O–H groups in total. The first-order chi connectivity index (χ1) is 12.1. The zero-order chi connectivity index (χ0) is 17.8. The van der Waals surface area contributed by atoms with Crippen molar-refractivity contribution in [1.82, 2.24) is 20.4 Å². The first-order valence-corrected chi connectivity index (χ1v) is 8.42. The van der Waals surface area contributed by atoms with Gasteiger partial charge in [-0.2, -0.15) is 4.98 Å². The topological polar surface area (TPSA) is 116 Å². The second-order valence-electron chi connectivity index (χ2n) is 5.18. The molecule has 1 atom stereocenters. The van der Waals surface area contributed by atoms with E-state index in [1.54, 1.807) is 19.4 Å². The van der Waals surface area contributed by atoms with Gasteiger partial charge in [0.1, 0.15) is 22.5 Å². The summed E-state index contributed by atoms with van der Waals surface area (Å²) >= 11 is 1.34. The highest BCUT2D eigenvalue weighted by Gasteiger charge is 2.20. The SMILES string of the molecule is COc1ccccc1-c1noc(C(C)NC(=O)c2csc(CN)n2)n1. The monoisotopic (exact) mass is 359 g/mol. The predicted octanol–water partition coefficient (Wildman–Crippen LogP) is 2.15. The van der Waals surface area contributed by atoms with E-state index in [1.165, 1.54) is 11.3 Å². The number of rotatable bonds is 6. The molecular formula is C16H17N5O3S. The van der Waals surface area contributed by atoms with E-state index >= 15 is 0 Å². The normalized spacial score (nSPS) is 12.0. The smallest absolute Gasteiger partial charge is 0.271 e. The lowest BCUT2D eigenvalue weighted by Gasteiger charge is -2.07. The number of aromatic nitrogens is 3. The second kappa shape index (κ2) is 7.41. The molecule has 3 aromatic rings. The van der Waals surface area contributed by atoms with Gasteiger partial charge in [-0.05, 0) is 19.1 Å². The van der Waals surface area contributed by atoms with E-state index in [9.17, 15) is 4.79 Å². The number of benzene rings is 1. The number of carbonyl (C=O) groups excluding carboxylic acids is 1. The van der Waals surface area contributed by atoms with Crippen LogP contribution in [-0.4, -0.2) is 28.1 Å². The minimum absolute atomic E-state index is 0.295. The number of carbonyl (C=O) groups is 1. The molecule has 0 radical (unpaired) electrons. The van der Waals surface area contributed by atoms with Crippen molar-refractivity contribution in [3.05, 3.63) is 46.2 Å². The minimum Gasteiger partial charge on any atom is -0.496 e. The highest BCUT2D eigenvalue weighted by Crippen LogP contribution is 2.28. The highest BCUT2D eigenvalue weighted by molar-refractivity contribution is 7.09. The Kier molecular flexibility index (Phi) is 5.05. The second-order valence-corrected chi connectivity index (χ2v) is 6.12. The van der Waals surface area contributed by atoms with Crippen LogP contribution >= 0.6 is 11.3 Å². The average molecular weight is 359 g/mol. The van der Waals surface area contributed by atoms with Gasteiger partial charge in [0.2, 0.25) is 11.7 Å². The summed E-state index contributed by atoms with van der Waals surface area (Å²) in [7, 11) is 1.58. The van der Waals surface area contributed by atoms with E-state index in [4.69, 9.17) is 15.0 Å². The van der Waals surface area contributed by atoms with Crippen LogP contribution < -0.4 is 15.8 Å². The number of nitrogens with two attached hydrogens (primary N) is 1. The van der Waals surface area contributed by atoms with E-state index in [-0.39, 0.29) is 5.91 Å². The summed E-state index contributed by atoms with van der Waals surface area (Å²) in [6.07, 6.45) is 0. The fraction of sp³-hybridized carbons (Fsp3) is 0.250. The average Bonchev–Trinajstić information content (AvgIpc) is 3.31. The minimum atomic E-state index is -0.466. The number of nitrogens with zero attached hydrogens (tertiary/aromatic N) is 3. The van der Waals surface area contributed by atoms with Crippen molar-refractivity contribution < 1.29 is 14.1 Å². The van der Waals surface area contributed by atoms with Gasteiger partial charge in [0.25, 0.3) is 5.91 Å². The van der Waals surface area contributed by atoms with E-state index in [0.29, 0.717) is 40.3 Å². The molecule has 0 spiro atoms. The Morgan fingerprint density at radius 2 is 2.20 bits per heavy atom. The van der Waals surface area contributed by atoms with Gasteiger partial charge in [-0.15, -0.1) is 11.3 Å². The number of hydrogen-bond donors (Lipinski definition) is 2. The summed E-state index contributed by atoms with van der Waals surface area (Å²) in [4.78, 5) is 20.7. The lowest BCUT2D eigenvalue weighted by atomic mass is 10.2. The fourth-order valence-electron chi connectivity index (χ4n) is 2.19. The molecule has 9 heteroatoms. The third-order valence-electron chi connectivity index (χ3n) is 3.47. The molecule has 2 aromatic heterocycles. The zero-order valence-electron chi connectivity index (χ0n) is 13.7. The summed E-state index contributed by atoms with van der Waals surface area (Å²) in [5, 5.41) is 9.11. The largest absolute Gasteiger partial charge is 0.496 e. The van der Waals surface area contributed by atoms with Gasteiger partial charge in [-0.3, -0.25) is 4.79 Å². The lowest BCUT2D eigenvalue weighted by Crippen LogP contribution is -2.27. The number of amides is 1. The Morgan fingerprint density at radius 1 is 1.40 bits per heavy atom. The standard InChI is InChI=1S/C16H17N5O3S/c1-9(18-15(22)11-8-25-13(7-17)19-11)16-20-14(21-24-16)10-5-3-4-6-12(10)23-2/h3-6,8-9H,7,17H2,1-2H3,(H,18,22). The maximum absolute atomic E-state index is 12.2. The molecule has 1 amide bonds. The van der Waals surface area contributed by atoms with Crippen molar-refractivity contribution in [2.75, 3.05) is 7.11 Å². The molecule has 0 bridgehead atoms. The van der Waals surface area contributed by atoms with Crippen LogP contribution in [0.15, 0.2) is 34.2 Å². The van der Waals surface area contributed by atoms with Gasteiger partial charge in [-0.1, -0.05) is 17.3 Å². The Balaban J connectivity index is 1.74. The zero-order valence-corrected chi connectivity index (χ0v) is 14.5. The van der Waals surface area contributed by atoms with Crippen molar-refractivity contribution in [1.29, 1.82) is 0 Å². The van der Waals surface area contributed by atoms with Crippen molar-refractivity contribution in [3.8, 4) is 17.1 Å². The Hall–Kier alpha value is -2.78. The summed E-state index contributed by atoms with van der Waals surface area (Å²) < 4.78 is 10.6.